The van der Waals surface area contributed by atoms with Gasteiger partial charge in [0.25, 0.3) is 5.91 Å². The summed E-state index contributed by atoms with van der Waals surface area (Å²) in [7, 11) is 4.01. The minimum Gasteiger partial charge on any atom is -0.443 e. The lowest BCUT2D eigenvalue weighted by molar-refractivity contribution is 0.0248. The van der Waals surface area contributed by atoms with Crippen LogP contribution in [0.1, 0.15) is 60.3 Å². The van der Waals surface area contributed by atoms with E-state index in [0.29, 0.717) is 46.7 Å². The van der Waals surface area contributed by atoms with Gasteiger partial charge in [-0.3, -0.25) is 4.79 Å². The Balaban J connectivity index is 1.63. The molecule has 1 aromatic heterocycles. The van der Waals surface area contributed by atoms with Crippen LogP contribution < -0.4 is 5.32 Å². The van der Waals surface area contributed by atoms with E-state index in [1.807, 2.05) is 20.2 Å². The molecule has 1 fully saturated rings. The molecule has 34 heavy (non-hydrogen) atoms. The summed E-state index contributed by atoms with van der Waals surface area (Å²) in [5, 5.41) is 3.71. The lowest BCUT2D eigenvalue weighted by Crippen LogP contribution is -2.37. The summed E-state index contributed by atoms with van der Waals surface area (Å²) in [5.74, 6) is 0.510. The van der Waals surface area contributed by atoms with E-state index in [2.05, 4.69) is 16.3 Å². The number of hydrogen-bond donors (Lipinski definition) is 1. The third-order valence-corrected chi connectivity index (χ3v) is 6.11. The van der Waals surface area contributed by atoms with Crippen molar-refractivity contribution >= 4 is 35.1 Å². The minimum atomic E-state index is -0.712. The topological polar surface area (TPSA) is 84.0 Å². The van der Waals surface area contributed by atoms with Gasteiger partial charge in [-0.1, -0.05) is 17.7 Å². The van der Waals surface area contributed by atoms with E-state index >= 15 is 0 Å². The molecule has 2 aliphatic heterocycles. The van der Waals surface area contributed by atoms with Crippen LogP contribution in [0.25, 0.3) is 0 Å². The Hall–Kier alpha value is -2.68. The number of imide groups is 1. The number of nitrogens with one attached hydrogen (secondary N) is 1. The van der Waals surface area contributed by atoms with Crippen molar-refractivity contribution in [3.63, 3.8) is 0 Å². The molecule has 1 aromatic carbocycles. The molecule has 9 heteroatoms. The molecule has 1 N–H and O–H groups in total. The Morgan fingerprint density at radius 1 is 1.29 bits per heavy atom. The largest absolute Gasteiger partial charge is 0.443 e. The van der Waals surface area contributed by atoms with Crippen LogP contribution in [0.15, 0.2) is 24.3 Å². The molecule has 2 amide bonds. The van der Waals surface area contributed by atoms with Gasteiger partial charge in [-0.2, -0.15) is 0 Å². The Morgan fingerprint density at radius 2 is 2.06 bits per heavy atom. The quantitative estimate of drug-likeness (QED) is 0.641. The smallest absolute Gasteiger partial charge is 0.417 e. The number of nitrogens with zero attached hydrogens (tertiary/aromatic N) is 3. The van der Waals surface area contributed by atoms with Crippen molar-refractivity contribution in [1.82, 2.24) is 14.8 Å². The molecular formula is C25H31ClN4O4. The number of amides is 2. The first-order valence-electron chi connectivity index (χ1n) is 11.4. The summed E-state index contributed by atoms with van der Waals surface area (Å²) < 4.78 is 11.0. The summed E-state index contributed by atoms with van der Waals surface area (Å²) >= 11 is 6.40. The predicted molar refractivity (Wildman–Crippen MR) is 131 cm³/mol. The average Bonchev–Trinajstić information content (AvgIpc) is 3.38. The average molecular weight is 487 g/mol. The van der Waals surface area contributed by atoms with Gasteiger partial charge < -0.3 is 19.7 Å². The summed E-state index contributed by atoms with van der Waals surface area (Å²) in [5.41, 5.74) is 2.95. The first-order chi connectivity index (χ1) is 16.0. The maximum absolute atomic E-state index is 13.2. The van der Waals surface area contributed by atoms with Crippen molar-refractivity contribution in [2.75, 3.05) is 32.6 Å². The standard InChI is InChI=1S/C25H31ClN4O4/c1-25(2,3)34-24(32)30-12-17-18(26)7-8-19(22(17)23(30)31)27-21-9-6-16(15-10-11-33-14-15)20(28-21)13-29(4)5/h6-9,15H,10-14H2,1-5H3,(H,27,28)/t15-/m1/s1. The fraction of sp³-hybridized carbons (Fsp3) is 0.480. The van der Waals surface area contributed by atoms with Gasteiger partial charge >= 0.3 is 6.09 Å². The molecule has 8 nitrogen and oxygen atoms in total. The molecular weight excluding hydrogens is 456 g/mol. The van der Waals surface area contributed by atoms with E-state index < -0.39 is 17.6 Å². The maximum atomic E-state index is 13.2. The van der Waals surface area contributed by atoms with Crippen molar-refractivity contribution in [3.8, 4) is 0 Å². The summed E-state index contributed by atoms with van der Waals surface area (Å²) in [4.78, 5) is 33.9. The van der Waals surface area contributed by atoms with E-state index in [0.717, 1.165) is 23.6 Å². The van der Waals surface area contributed by atoms with Crippen molar-refractivity contribution in [2.45, 2.75) is 51.8 Å². The zero-order chi connectivity index (χ0) is 24.6. The van der Waals surface area contributed by atoms with Gasteiger partial charge in [0.2, 0.25) is 0 Å². The Kier molecular flexibility index (Phi) is 6.85. The van der Waals surface area contributed by atoms with Crippen LogP contribution in [0.5, 0.6) is 0 Å². The number of anilines is 2. The molecule has 1 atom stereocenters. The highest BCUT2D eigenvalue weighted by atomic mass is 35.5. The summed E-state index contributed by atoms with van der Waals surface area (Å²) in [6, 6.07) is 7.46. The molecule has 0 bridgehead atoms. The van der Waals surface area contributed by atoms with Crippen LogP contribution in [0.3, 0.4) is 0 Å². The number of hydrogen-bond acceptors (Lipinski definition) is 7. The van der Waals surface area contributed by atoms with Crippen molar-refractivity contribution in [2.24, 2.45) is 0 Å². The van der Waals surface area contributed by atoms with Crippen LogP contribution in [-0.4, -0.2) is 59.7 Å². The third-order valence-electron chi connectivity index (χ3n) is 5.75. The predicted octanol–water partition coefficient (Wildman–Crippen LogP) is 4.94. The molecule has 3 heterocycles. The number of fused-ring (bicyclic) bond motifs is 1. The normalized spacial score (nSPS) is 17.9. The van der Waals surface area contributed by atoms with Crippen LogP contribution >= 0.6 is 11.6 Å². The van der Waals surface area contributed by atoms with E-state index in [1.54, 1.807) is 32.9 Å². The molecule has 4 rings (SSSR count). The maximum Gasteiger partial charge on any atom is 0.417 e. The first kappa shape index (κ1) is 24.4. The highest BCUT2D eigenvalue weighted by molar-refractivity contribution is 6.32. The van der Waals surface area contributed by atoms with Crippen LogP contribution in [0.2, 0.25) is 5.02 Å². The molecule has 0 saturated carbocycles. The number of carbonyl (C=O) groups excluding carboxylic acids is 2. The number of benzene rings is 1. The van der Waals surface area contributed by atoms with E-state index in [4.69, 9.17) is 26.1 Å². The van der Waals surface area contributed by atoms with Gasteiger partial charge in [-0.15, -0.1) is 0 Å². The van der Waals surface area contributed by atoms with Gasteiger partial charge in [-0.25, -0.2) is 14.7 Å². The molecule has 0 radical (unpaired) electrons. The van der Waals surface area contributed by atoms with E-state index in [-0.39, 0.29) is 6.54 Å². The Bertz CT molecular complexity index is 1110. The summed E-state index contributed by atoms with van der Waals surface area (Å²) in [6.07, 6.45) is 0.291. The molecule has 1 saturated heterocycles. The monoisotopic (exact) mass is 486 g/mol. The molecule has 0 aliphatic carbocycles. The molecule has 0 unspecified atom stereocenters. The second kappa shape index (κ2) is 9.52. The number of halogens is 1. The SMILES string of the molecule is CN(C)Cc1nc(Nc2ccc(Cl)c3c2C(=O)N(C(=O)OC(C)(C)C)C3)ccc1[C@@H]1CCOC1. The molecule has 2 aromatic rings. The second-order valence-corrected chi connectivity index (χ2v) is 10.4. The lowest BCUT2D eigenvalue weighted by atomic mass is 9.96. The molecule has 0 spiro atoms. The van der Waals surface area contributed by atoms with Gasteiger partial charge in [-0.05, 0) is 65.0 Å². The zero-order valence-electron chi connectivity index (χ0n) is 20.3. The van der Waals surface area contributed by atoms with Crippen LogP contribution in [-0.2, 0) is 22.6 Å². The van der Waals surface area contributed by atoms with Crippen molar-refractivity contribution < 1.29 is 19.1 Å². The lowest BCUT2D eigenvalue weighted by Gasteiger charge is -2.23. The van der Waals surface area contributed by atoms with Crippen molar-refractivity contribution in [3.05, 3.63) is 51.7 Å². The van der Waals surface area contributed by atoms with Gasteiger partial charge in [0.05, 0.1) is 30.1 Å². The fourth-order valence-electron chi connectivity index (χ4n) is 4.25. The fourth-order valence-corrected chi connectivity index (χ4v) is 4.47. The first-order valence-corrected chi connectivity index (χ1v) is 11.8. The Labute approximate surface area is 205 Å². The van der Waals surface area contributed by atoms with E-state index in [1.165, 1.54) is 5.56 Å². The Morgan fingerprint density at radius 3 is 2.71 bits per heavy atom. The second-order valence-electron chi connectivity index (χ2n) is 9.98. The minimum absolute atomic E-state index is 0.0668. The van der Waals surface area contributed by atoms with Crippen molar-refractivity contribution in [1.29, 1.82) is 0 Å². The number of ether oxygens (including phenoxy) is 2. The highest BCUT2D eigenvalue weighted by Crippen LogP contribution is 2.37. The van der Waals surface area contributed by atoms with Gasteiger partial charge in [0, 0.05) is 29.7 Å². The van der Waals surface area contributed by atoms with Gasteiger partial charge in [0.15, 0.2) is 0 Å². The third kappa shape index (κ3) is 5.19. The van der Waals surface area contributed by atoms with Crippen LogP contribution in [0, 0.1) is 0 Å². The number of rotatable bonds is 5. The molecule has 2 aliphatic rings. The summed E-state index contributed by atoms with van der Waals surface area (Å²) in [6.45, 7) is 7.50. The zero-order valence-corrected chi connectivity index (χ0v) is 21.0. The highest BCUT2D eigenvalue weighted by Gasteiger charge is 2.38. The van der Waals surface area contributed by atoms with E-state index in [9.17, 15) is 9.59 Å². The number of carbonyl (C=O) groups is 2. The molecule has 182 valence electrons. The van der Waals surface area contributed by atoms with Crippen LogP contribution in [0.4, 0.5) is 16.3 Å². The number of pyridine rings is 1. The number of aromatic nitrogens is 1. The van der Waals surface area contributed by atoms with Gasteiger partial charge in [0.1, 0.15) is 11.4 Å².